The quantitative estimate of drug-likeness (QED) is 0.738. The Morgan fingerprint density at radius 2 is 2.04 bits per heavy atom. The minimum atomic E-state index is -0.391. The van der Waals surface area contributed by atoms with Gasteiger partial charge in [-0.2, -0.15) is 0 Å². The maximum absolute atomic E-state index is 13.1. The van der Waals surface area contributed by atoms with Crippen LogP contribution in [0.2, 0.25) is 5.02 Å². The van der Waals surface area contributed by atoms with Gasteiger partial charge in [-0.3, -0.25) is 4.79 Å². The maximum atomic E-state index is 13.1. The van der Waals surface area contributed by atoms with Gasteiger partial charge in [0.25, 0.3) is 0 Å². The van der Waals surface area contributed by atoms with E-state index in [-0.39, 0.29) is 12.3 Å². The lowest BCUT2D eigenvalue weighted by Crippen LogP contribution is -2.14. The van der Waals surface area contributed by atoms with Crippen molar-refractivity contribution < 1.29 is 9.18 Å². The van der Waals surface area contributed by atoms with E-state index in [0.717, 1.165) is 10.6 Å². The van der Waals surface area contributed by atoms with Gasteiger partial charge in [0.15, 0.2) is 0 Å². The summed E-state index contributed by atoms with van der Waals surface area (Å²) in [4.78, 5) is 16.5. The van der Waals surface area contributed by atoms with Crippen molar-refractivity contribution in [3.63, 3.8) is 0 Å². The highest BCUT2D eigenvalue weighted by molar-refractivity contribution is 7.13. The fourth-order valence-corrected chi connectivity index (χ4v) is 3.22. The number of halogens is 2. The topological polar surface area (TPSA) is 42.0 Å². The molecule has 1 amide bonds. The average molecular weight is 347 g/mol. The van der Waals surface area contributed by atoms with E-state index >= 15 is 0 Å². The molecule has 1 N–H and O–H groups in total. The molecule has 0 unspecified atom stereocenters. The average Bonchev–Trinajstić information content (AvgIpc) is 2.95. The van der Waals surface area contributed by atoms with Crippen LogP contribution < -0.4 is 5.32 Å². The third-order valence-corrected chi connectivity index (χ3v) is 4.36. The summed E-state index contributed by atoms with van der Waals surface area (Å²) in [6.45, 7) is 0. The summed E-state index contributed by atoms with van der Waals surface area (Å²) in [5.41, 5.74) is 1.92. The molecule has 0 saturated carbocycles. The molecule has 3 aromatic rings. The first kappa shape index (κ1) is 15.6. The first-order valence-corrected chi connectivity index (χ1v) is 8.12. The lowest BCUT2D eigenvalue weighted by Gasteiger charge is -2.03. The third kappa shape index (κ3) is 3.94. The van der Waals surface area contributed by atoms with Gasteiger partial charge in [-0.1, -0.05) is 35.9 Å². The molecule has 0 saturated heterocycles. The Bertz CT molecular complexity index is 850. The van der Waals surface area contributed by atoms with Gasteiger partial charge in [0.05, 0.1) is 17.1 Å². The summed E-state index contributed by atoms with van der Waals surface area (Å²) in [5, 5.41) is 5.87. The number of aromatic nitrogens is 1. The zero-order chi connectivity index (χ0) is 16.2. The van der Waals surface area contributed by atoms with Gasteiger partial charge >= 0.3 is 0 Å². The predicted octanol–water partition coefficient (Wildman–Crippen LogP) is 4.78. The van der Waals surface area contributed by atoms with Crippen molar-refractivity contribution in [2.24, 2.45) is 0 Å². The van der Waals surface area contributed by atoms with Gasteiger partial charge in [-0.15, -0.1) is 11.3 Å². The highest BCUT2D eigenvalue weighted by Crippen LogP contribution is 2.30. The van der Waals surface area contributed by atoms with Crippen molar-refractivity contribution in [1.82, 2.24) is 4.98 Å². The van der Waals surface area contributed by atoms with Crippen molar-refractivity contribution in [1.29, 1.82) is 0 Å². The van der Waals surface area contributed by atoms with E-state index in [4.69, 9.17) is 11.6 Å². The molecule has 1 aromatic heterocycles. The molecule has 0 aliphatic rings. The van der Waals surface area contributed by atoms with Crippen LogP contribution in [0.4, 0.5) is 10.1 Å². The Morgan fingerprint density at radius 1 is 1.22 bits per heavy atom. The minimum absolute atomic E-state index is 0.122. The van der Waals surface area contributed by atoms with Gasteiger partial charge in [0.2, 0.25) is 5.91 Å². The fraction of sp³-hybridized carbons (Fsp3) is 0.0588. The summed E-state index contributed by atoms with van der Waals surface area (Å²) in [6.07, 6.45) is 0.122. The van der Waals surface area contributed by atoms with Gasteiger partial charge in [-0.05, 0) is 24.3 Å². The number of hydrogen-bond acceptors (Lipinski definition) is 3. The molecule has 6 heteroatoms. The molecule has 0 radical (unpaired) electrons. The number of thiazole rings is 1. The van der Waals surface area contributed by atoms with Crippen molar-refractivity contribution in [3.05, 3.63) is 70.4 Å². The van der Waals surface area contributed by atoms with Crippen molar-refractivity contribution >= 4 is 34.5 Å². The Kier molecular flexibility index (Phi) is 4.69. The Labute approximate surface area is 141 Å². The predicted molar refractivity (Wildman–Crippen MR) is 91.3 cm³/mol. The number of carbonyl (C=O) groups is 1. The number of benzene rings is 2. The first-order chi connectivity index (χ1) is 11.1. The smallest absolute Gasteiger partial charge is 0.230 e. The SMILES string of the molecule is O=C(Cc1csc(-c2ccccc2Cl)n1)Nc1cccc(F)c1. The molecule has 1 heterocycles. The molecule has 3 nitrogen and oxygen atoms in total. The van der Waals surface area contributed by atoms with Crippen LogP contribution in [0.3, 0.4) is 0 Å². The highest BCUT2D eigenvalue weighted by atomic mass is 35.5. The minimum Gasteiger partial charge on any atom is -0.326 e. The van der Waals surface area contributed by atoms with Crippen LogP contribution in [0.25, 0.3) is 10.6 Å². The molecule has 23 heavy (non-hydrogen) atoms. The van der Waals surface area contributed by atoms with Crippen LogP contribution in [-0.4, -0.2) is 10.9 Å². The molecule has 0 aliphatic heterocycles. The third-order valence-electron chi connectivity index (χ3n) is 3.11. The van der Waals surface area contributed by atoms with E-state index in [1.807, 2.05) is 23.6 Å². The summed E-state index contributed by atoms with van der Waals surface area (Å²) >= 11 is 7.58. The second-order valence-corrected chi connectivity index (χ2v) is 6.12. The molecule has 0 fully saturated rings. The Morgan fingerprint density at radius 3 is 2.83 bits per heavy atom. The normalized spacial score (nSPS) is 10.5. The summed E-state index contributed by atoms with van der Waals surface area (Å²) < 4.78 is 13.1. The van der Waals surface area contributed by atoms with Crippen molar-refractivity contribution in [2.45, 2.75) is 6.42 Å². The second kappa shape index (κ2) is 6.89. The van der Waals surface area contributed by atoms with Crippen LogP contribution >= 0.6 is 22.9 Å². The van der Waals surface area contributed by atoms with Crippen LogP contribution in [-0.2, 0) is 11.2 Å². The lowest BCUT2D eigenvalue weighted by atomic mass is 10.2. The molecular formula is C17H12ClFN2OS. The summed E-state index contributed by atoms with van der Waals surface area (Å²) in [6, 6.07) is 13.2. The maximum Gasteiger partial charge on any atom is 0.230 e. The van der Waals surface area contributed by atoms with Crippen molar-refractivity contribution in [3.8, 4) is 10.6 Å². The molecule has 116 valence electrons. The number of nitrogens with zero attached hydrogens (tertiary/aromatic N) is 1. The molecule has 0 atom stereocenters. The number of carbonyl (C=O) groups excluding carboxylic acids is 1. The number of hydrogen-bond donors (Lipinski definition) is 1. The molecular weight excluding hydrogens is 335 g/mol. The standard InChI is InChI=1S/C17H12ClFN2OS/c18-15-7-2-1-6-14(15)17-21-13(10-23-17)9-16(22)20-12-5-3-4-11(19)8-12/h1-8,10H,9H2,(H,20,22). The molecule has 0 bridgehead atoms. The molecule has 0 spiro atoms. The van der Waals surface area contributed by atoms with Crippen molar-refractivity contribution in [2.75, 3.05) is 5.32 Å². The van der Waals surface area contributed by atoms with Crippen LogP contribution in [0, 0.1) is 5.82 Å². The van der Waals surface area contributed by atoms with Gasteiger partial charge in [-0.25, -0.2) is 9.37 Å². The zero-order valence-electron chi connectivity index (χ0n) is 11.9. The van der Waals surface area contributed by atoms with Crippen LogP contribution in [0.1, 0.15) is 5.69 Å². The Balaban J connectivity index is 1.69. The van der Waals surface area contributed by atoms with E-state index in [1.54, 1.807) is 18.2 Å². The Hall–Kier alpha value is -2.24. The van der Waals surface area contributed by atoms with E-state index in [9.17, 15) is 9.18 Å². The van der Waals surface area contributed by atoms with E-state index in [0.29, 0.717) is 16.4 Å². The number of nitrogens with one attached hydrogen (secondary N) is 1. The van der Waals surface area contributed by atoms with Crippen LogP contribution in [0.15, 0.2) is 53.9 Å². The largest absolute Gasteiger partial charge is 0.326 e. The number of rotatable bonds is 4. The second-order valence-electron chi connectivity index (χ2n) is 4.86. The summed E-state index contributed by atoms with van der Waals surface area (Å²) in [7, 11) is 0. The first-order valence-electron chi connectivity index (χ1n) is 6.86. The lowest BCUT2D eigenvalue weighted by molar-refractivity contribution is -0.115. The fourth-order valence-electron chi connectivity index (χ4n) is 2.08. The molecule has 2 aromatic carbocycles. The van der Waals surface area contributed by atoms with Gasteiger partial charge < -0.3 is 5.32 Å². The molecule has 0 aliphatic carbocycles. The monoisotopic (exact) mass is 346 g/mol. The number of anilines is 1. The highest BCUT2D eigenvalue weighted by Gasteiger charge is 2.11. The number of amides is 1. The zero-order valence-corrected chi connectivity index (χ0v) is 13.5. The van der Waals surface area contributed by atoms with E-state index < -0.39 is 5.82 Å². The van der Waals surface area contributed by atoms with Gasteiger partial charge in [0, 0.05) is 16.6 Å². The summed E-state index contributed by atoms with van der Waals surface area (Å²) in [5.74, 6) is -0.635. The van der Waals surface area contributed by atoms with E-state index in [1.165, 1.54) is 23.5 Å². The van der Waals surface area contributed by atoms with E-state index in [2.05, 4.69) is 10.3 Å². The molecule has 3 rings (SSSR count). The van der Waals surface area contributed by atoms with Gasteiger partial charge in [0.1, 0.15) is 10.8 Å². The van der Waals surface area contributed by atoms with Crippen LogP contribution in [0.5, 0.6) is 0 Å².